The number of hydrogen-bond donors (Lipinski definition) is 1. The number of nitrogens with one attached hydrogen (secondary N) is 1. The van der Waals surface area contributed by atoms with Gasteiger partial charge >= 0.3 is 0 Å². The molecule has 0 heterocycles. The second-order valence-corrected chi connectivity index (χ2v) is 13.0. The average molecular weight is 659 g/mol. The highest BCUT2D eigenvalue weighted by atomic mass is 35.5. The van der Waals surface area contributed by atoms with Gasteiger partial charge in [0.15, 0.2) is 0 Å². The molecule has 0 aliphatic carbocycles. The molecule has 4 aromatic carbocycles. The number of benzene rings is 4. The molecule has 0 aliphatic heterocycles. The summed E-state index contributed by atoms with van der Waals surface area (Å²) in [6.45, 7) is 1.23. The summed E-state index contributed by atoms with van der Waals surface area (Å²) in [6, 6.07) is 25.9. The third-order valence-corrected chi connectivity index (χ3v) is 9.60. The van der Waals surface area contributed by atoms with Crippen molar-refractivity contribution in [1.82, 2.24) is 10.2 Å². The number of sulfonamides is 1. The van der Waals surface area contributed by atoms with E-state index in [1.165, 1.54) is 42.3 Å². The Balaban J connectivity index is 1.80. The number of nitrogens with zero attached hydrogens (tertiary/aromatic N) is 2. The van der Waals surface area contributed by atoms with E-state index in [0.717, 1.165) is 15.4 Å². The SMILES string of the molecule is CNC(=O)C(Cc1ccccc1)N(Cc1cccc(Cl)c1)C(=O)CN(c1ccc(Cl)c(Cl)c1)S(=O)(=O)c1ccc(C)cc1. The van der Waals surface area contributed by atoms with Crippen LogP contribution in [0.15, 0.2) is 102 Å². The van der Waals surface area contributed by atoms with Crippen molar-refractivity contribution in [3.63, 3.8) is 0 Å². The van der Waals surface area contributed by atoms with Crippen molar-refractivity contribution >= 4 is 62.3 Å². The quantitative estimate of drug-likeness (QED) is 0.198. The zero-order valence-corrected chi connectivity index (χ0v) is 26.6. The van der Waals surface area contributed by atoms with Crippen LogP contribution in [0.25, 0.3) is 0 Å². The van der Waals surface area contributed by atoms with Crippen LogP contribution in [0.4, 0.5) is 5.69 Å². The molecule has 0 aliphatic rings. The third kappa shape index (κ3) is 8.09. The normalized spacial score (nSPS) is 11.9. The van der Waals surface area contributed by atoms with Gasteiger partial charge in [0.25, 0.3) is 10.0 Å². The second-order valence-electron chi connectivity index (χ2n) is 9.89. The number of likely N-dealkylation sites (N-methyl/N-ethyl adjacent to an activating group) is 1. The maximum Gasteiger partial charge on any atom is 0.264 e. The van der Waals surface area contributed by atoms with Crippen molar-refractivity contribution in [3.8, 4) is 0 Å². The van der Waals surface area contributed by atoms with E-state index in [9.17, 15) is 18.0 Å². The zero-order valence-electron chi connectivity index (χ0n) is 23.5. The van der Waals surface area contributed by atoms with Crippen molar-refractivity contribution in [1.29, 1.82) is 0 Å². The van der Waals surface area contributed by atoms with Gasteiger partial charge in [0.2, 0.25) is 11.8 Å². The molecule has 11 heteroatoms. The lowest BCUT2D eigenvalue weighted by molar-refractivity contribution is -0.139. The molecule has 0 aromatic heterocycles. The Kier molecular flexibility index (Phi) is 10.7. The van der Waals surface area contributed by atoms with Crippen LogP contribution in [0.2, 0.25) is 15.1 Å². The number of halogens is 3. The van der Waals surface area contributed by atoms with Crippen molar-refractivity contribution in [3.05, 3.63) is 129 Å². The van der Waals surface area contributed by atoms with Crippen molar-refractivity contribution in [2.45, 2.75) is 30.8 Å². The summed E-state index contributed by atoms with van der Waals surface area (Å²) in [5, 5.41) is 3.47. The predicted octanol–water partition coefficient (Wildman–Crippen LogP) is 6.54. The largest absolute Gasteiger partial charge is 0.357 e. The van der Waals surface area contributed by atoms with Gasteiger partial charge in [-0.05, 0) is 60.5 Å². The minimum Gasteiger partial charge on any atom is -0.357 e. The summed E-state index contributed by atoms with van der Waals surface area (Å²) in [4.78, 5) is 29.0. The fourth-order valence-electron chi connectivity index (χ4n) is 4.56. The van der Waals surface area contributed by atoms with Crippen molar-refractivity contribution in [2.75, 3.05) is 17.9 Å². The molecule has 1 N–H and O–H groups in total. The van der Waals surface area contributed by atoms with Gasteiger partial charge in [-0.1, -0.05) is 95.0 Å². The lowest BCUT2D eigenvalue weighted by atomic mass is 10.0. The maximum absolute atomic E-state index is 14.3. The van der Waals surface area contributed by atoms with E-state index in [1.807, 2.05) is 37.3 Å². The highest BCUT2D eigenvalue weighted by Gasteiger charge is 2.34. The summed E-state index contributed by atoms with van der Waals surface area (Å²) in [6.07, 6.45) is 0.199. The molecule has 0 spiro atoms. The first-order chi connectivity index (χ1) is 20.5. The molecule has 4 rings (SSSR count). The van der Waals surface area contributed by atoms with Gasteiger partial charge in [-0.3, -0.25) is 13.9 Å². The highest BCUT2D eigenvalue weighted by molar-refractivity contribution is 7.92. The lowest BCUT2D eigenvalue weighted by Gasteiger charge is -2.33. The van der Waals surface area contributed by atoms with Gasteiger partial charge in [-0.2, -0.15) is 0 Å². The molecular weight excluding hydrogens is 629 g/mol. The van der Waals surface area contributed by atoms with Gasteiger partial charge in [0.1, 0.15) is 12.6 Å². The molecule has 1 unspecified atom stereocenters. The Hall–Kier alpha value is -3.56. The second kappa shape index (κ2) is 14.3. The Labute approximate surface area is 267 Å². The average Bonchev–Trinajstić information content (AvgIpc) is 2.99. The molecule has 0 saturated heterocycles. The Bertz CT molecular complexity index is 1700. The van der Waals surface area contributed by atoms with E-state index in [0.29, 0.717) is 10.6 Å². The van der Waals surface area contributed by atoms with Gasteiger partial charge < -0.3 is 10.2 Å². The molecule has 0 bridgehead atoms. The fraction of sp³-hybridized carbons (Fsp3) is 0.188. The number of aryl methyl sites for hydroxylation is 1. The van der Waals surface area contributed by atoms with Crippen LogP contribution < -0.4 is 9.62 Å². The van der Waals surface area contributed by atoms with E-state index in [-0.39, 0.29) is 33.6 Å². The standard InChI is InChI=1S/C32H30Cl3N3O4S/c1-22-11-14-27(15-12-22)43(41,42)38(26-13-16-28(34)29(35)19-26)21-31(39)37(20-24-9-6-10-25(33)17-24)30(32(40)36-2)18-23-7-4-3-5-8-23/h3-17,19,30H,18,20-21H2,1-2H3,(H,36,40). The van der Waals surface area contributed by atoms with E-state index in [4.69, 9.17) is 34.8 Å². The number of hydrogen-bond acceptors (Lipinski definition) is 4. The van der Waals surface area contributed by atoms with Gasteiger partial charge in [-0.15, -0.1) is 0 Å². The van der Waals surface area contributed by atoms with Crippen LogP contribution in [0.1, 0.15) is 16.7 Å². The molecule has 0 radical (unpaired) electrons. The molecule has 0 saturated carbocycles. The van der Waals surface area contributed by atoms with Gasteiger partial charge in [0.05, 0.1) is 20.6 Å². The Morgan fingerprint density at radius 3 is 2.12 bits per heavy atom. The fourth-order valence-corrected chi connectivity index (χ4v) is 6.47. The van der Waals surface area contributed by atoms with Crippen LogP contribution in [0.5, 0.6) is 0 Å². The van der Waals surface area contributed by atoms with E-state index in [1.54, 1.807) is 36.4 Å². The zero-order chi connectivity index (χ0) is 31.1. The van der Waals surface area contributed by atoms with Crippen LogP contribution in [-0.4, -0.2) is 44.8 Å². The van der Waals surface area contributed by atoms with Crippen molar-refractivity contribution in [2.24, 2.45) is 0 Å². The van der Waals surface area contributed by atoms with Gasteiger partial charge in [0, 0.05) is 25.0 Å². The predicted molar refractivity (Wildman–Crippen MR) is 172 cm³/mol. The van der Waals surface area contributed by atoms with E-state index < -0.39 is 34.4 Å². The summed E-state index contributed by atoms with van der Waals surface area (Å²) < 4.78 is 29.1. The van der Waals surface area contributed by atoms with Crippen LogP contribution in [0, 0.1) is 6.92 Å². The first kappa shape index (κ1) is 32.4. The monoisotopic (exact) mass is 657 g/mol. The number of amides is 2. The van der Waals surface area contributed by atoms with Crippen LogP contribution in [-0.2, 0) is 32.6 Å². The molecular formula is C32H30Cl3N3O4S. The minimum atomic E-state index is -4.26. The smallest absolute Gasteiger partial charge is 0.264 e. The Morgan fingerprint density at radius 2 is 1.49 bits per heavy atom. The van der Waals surface area contributed by atoms with E-state index >= 15 is 0 Å². The third-order valence-electron chi connectivity index (χ3n) is 6.84. The minimum absolute atomic E-state index is 0.00407. The Morgan fingerprint density at radius 1 is 0.814 bits per heavy atom. The number of carbonyl (C=O) groups excluding carboxylic acids is 2. The molecule has 224 valence electrons. The molecule has 2 amide bonds. The van der Waals surface area contributed by atoms with Crippen LogP contribution in [0.3, 0.4) is 0 Å². The van der Waals surface area contributed by atoms with Crippen LogP contribution >= 0.6 is 34.8 Å². The summed E-state index contributed by atoms with van der Waals surface area (Å²) in [5.74, 6) is -1.01. The molecule has 0 fully saturated rings. The number of anilines is 1. The molecule has 7 nitrogen and oxygen atoms in total. The number of rotatable bonds is 11. The first-order valence-electron chi connectivity index (χ1n) is 13.3. The highest BCUT2D eigenvalue weighted by Crippen LogP contribution is 2.31. The topological polar surface area (TPSA) is 86.8 Å². The molecule has 1 atom stereocenters. The number of carbonyl (C=O) groups is 2. The van der Waals surface area contributed by atoms with Crippen molar-refractivity contribution < 1.29 is 18.0 Å². The first-order valence-corrected chi connectivity index (χ1v) is 15.9. The van der Waals surface area contributed by atoms with Gasteiger partial charge in [-0.25, -0.2) is 8.42 Å². The maximum atomic E-state index is 14.3. The summed E-state index contributed by atoms with van der Waals surface area (Å²) >= 11 is 18.7. The van der Waals surface area contributed by atoms with E-state index in [2.05, 4.69) is 5.32 Å². The molecule has 4 aromatic rings. The lowest BCUT2D eigenvalue weighted by Crippen LogP contribution is -2.53. The summed E-state index contributed by atoms with van der Waals surface area (Å²) in [7, 11) is -2.76. The summed E-state index contributed by atoms with van der Waals surface area (Å²) in [5.41, 5.74) is 2.52. The molecule has 43 heavy (non-hydrogen) atoms.